The molecule has 0 aliphatic heterocycles. The molecule has 0 aromatic carbocycles. The average molecular weight is 204 g/mol. The van der Waals surface area contributed by atoms with Gasteiger partial charge < -0.3 is 0 Å². The van der Waals surface area contributed by atoms with Gasteiger partial charge in [0, 0.05) is 28.1 Å². The summed E-state index contributed by atoms with van der Waals surface area (Å²) >= 11 is 0. The second kappa shape index (κ2) is 3.07. The first-order valence-electron chi connectivity index (χ1n) is 2.27. The summed E-state index contributed by atoms with van der Waals surface area (Å²) in [7, 11) is 0. The van der Waals surface area contributed by atoms with Crippen molar-refractivity contribution >= 4 is 0 Å². The third kappa shape index (κ3) is 1.82. The van der Waals surface area contributed by atoms with Gasteiger partial charge >= 0.3 is 0 Å². The molecule has 0 amide bonds. The smallest absolute Gasteiger partial charge is 0.0593 e. The van der Waals surface area contributed by atoms with E-state index in [1.165, 1.54) is 0 Å². The van der Waals surface area contributed by atoms with E-state index in [1.807, 2.05) is 19.9 Å². The molecule has 1 rings (SSSR count). The molecule has 49 valence electrons. The van der Waals surface area contributed by atoms with E-state index in [0.717, 1.165) is 11.4 Å². The van der Waals surface area contributed by atoms with Gasteiger partial charge in [-0.05, 0) is 19.9 Å². The zero-order valence-electron chi connectivity index (χ0n) is 4.83. The first kappa shape index (κ1) is 7.95. The molecule has 8 heavy (non-hydrogen) atoms. The quantitative estimate of drug-likeness (QED) is 0.628. The van der Waals surface area contributed by atoms with Crippen LogP contribution in [-0.4, -0.2) is 10.2 Å². The summed E-state index contributed by atoms with van der Waals surface area (Å²) in [5, 5.41) is 6.71. The Balaban J connectivity index is 0.000000490. The van der Waals surface area contributed by atoms with E-state index in [0.29, 0.717) is 0 Å². The van der Waals surface area contributed by atoms with Gasteiger partial charge in [0.15, 0.2) is 0 Å². The largest absolute Gasteiger partial charge is 0.283 e. The Morgan fingerprint density at radius 1 is 1.50 bits per heavy atom. The molecular formula is C5H8AgN2. The van der Waals surface area contributed by atoms with Crippen molar-refractivity contribution in [2.24, 2.45) is 0 Å². The molecular weight excluding hydrogens is 196 g/mol. The van der Waals surface area contributed by atoms with Gasteiger partial charge in [0.2, 0.25) is 0 Å². The Hall–Kier alpha value is -0.0497. The van der Waals surface area contributed by atoms with Crippen molar-refractivity contribution < 1.29 is 22.4 Å². The molecule has 1 heterocycles. The van der Waals surface area contributed by atoms with E-state index in [4.69, 9.17) is 0 Å². The van der Waals surface area contributed by atoms with Gasteiger partial charge in [0.25, 0.3) is 0 Å². The van der Waals surface area contributed by atoms with E-state index < -0.39 is 0 Å². The standard InChI is InChI=1S/C5H8N2.Ag/c1-4-3-5(2)7-6-4;/h3H,1-2H3,(H,6,7);. The first-order valence-corrected chi connectivity index (χ1v) is 2.27. The van der Waals surface area contributed by atoms with Crippen molar-refractivity contribution in [3.63, 3.8) is 0 Å². The van der Waals surface area contributed by atoms with Crippen LogP contribution in [0.25, 0.3) is 0 Å². The second-order valence-corrected chi connectivity index (χ2v) is 1.69. The molecule has 0 aliphatic carbocycles. The predicted octanol–water partition coefficient (Wildman–Crippen LogP) is 1.02. The summed E-state index contributed by atoms with van der Waals surface area (Å²) in [5.74, 6) is 0. The van der Waals surface area contributed by atoms with E-state index >= 15 is 0 Å². The van der Waals surface area contributed by atoms with Crippen LogP contribution in [0.15, 0.2) is 6.07 Å². The molecule has 0 unspecified atom stereocenters. The Bertz CT molecular complexity index is 143. The molecule has 0 saturated heterocycles. The maximum absolute atomic E-state index is 3.89. The number of aromatic amines is 1. The van der Waals surface area contributed by atoms with Crippen LogP contribution in [0, 0.1) is 13.8 Å². The third-order valence-electron chi connectivity index (χ3n) is 0.834. The zero-order chi connectivity index (χ0) is 5.28. The van der Waals surface area contributed by atoms with Crippen molar-refractivity contribution in [2.45, 2.75) is 13.8 Å². The number of aryl methyl sites for hydroxylation is 2. The minimum atomic E-state index is 0. The second-order valence-electron chi connectivity index (χ2n) is 1.69. The van der Waals surface area contributed by atoms with E-state index in [2.05, 4.69) is 10.2 Å². The molecule has 3 heteroatoms. The Labute approximate surface area is 64.2 Å². The number of hydrogen-bond acceptors (Lipinski definition) is 1. The van der Waals surface area contributed by atoms with Crippen molar-refractivity contribution in [2.75, 3.05) is 0 Å². The van der Waals surface area contributed by atoms with Crippen LogP contribution in [-0.2, 0) is 22.4 Å². The Morgan fingerprint density at radius 2 is 2.12 bits per heavy atom. The number of nitrogens with one attached hydrogen (secondary N) is 1. The van der Waals surface area contributed by atoms with Crippen molar-refractivity contribution in [1.82, 2.24) is 10.2 Å². The monoisotopic (exact) mass is 203 g/mol. The maximum atomic E-state index is 3.89. The number of hydrogen-bond donors (Lipinski definition) is 1. The fourth-order valence-electron chi connectivity index (χ4n) is 0.554. The molecule has 0 aliphatic rings. The summed E-state index contributed by atoms with van der Waals surface area (Å²) in [6, 6.07) is 2.00. The normalized spacial score (nSPS) is 8.25. The molecule has 0 bridgehead atoms. The van der Waals surface area contributed by atoms with E-state index in [9.17, 15) is 0 Å². The fraction of sp³-hybridized carbons (Fsp3) is 0.400. The first-order chi connectivity index (χ1) is 3.29. The van der Waals surface area contributed by atoms with Gasteiger partial charge in [-0.1, -0.05) is 0 Å². The predicted molar refractivity (Wildman–Crippen MR) is 28.1 cm³/mol. The van der Waals surface area contributed by atoms with Gasteiger partial charge in [-0.15, -0.1) is 0 Å². The van der Waals surface area contributed by atoms with Gasteiger partial charge in [-0.25, -0.2) is 0 Å². The van der Waals surface area contributed by atoms with Gasteiger partial charge in [0.1, 0.15) is 0 Å². The average Bonchev–Trinajstić information content (AvgIpc) is 1.87. The molecule has 1 N–H and O–H groups in total. The Kier molecular flexibility index (Phi) is 3.05. The van der Waals surface area contributed by atoms with Gasteiger partial charge in [0.05, 0.1) is 5.69 Å². The minimum absolute atomic E-state index is 0. The molecule has 1 aromatic heterocycles. The number of nitrogens with zero attached hydrogens (tertiary/aromatic N) is 1. The fourth-order valence-corrected chi connectivity index (χ4v) is 0.554. The Morgan fingerprint density at radius 3 is 2.25 bits per heavy atom. The summed E-state index contributed by atoms with van der Waals surface area (Å²) in [6.07, 6.45) is 0. The molecule has 1 aromatic rings. The third-order valence-corrected chi connectivity index (χ3v) is 0.834. The molecule has 0 fully saturated rings. The molecule has 0 spiro atoms. The SMILES string of the molecule is Cc1cc(C)[nH]n1.[Ag]. The van der Waals surface area contributed by atoms with Crippen LogP contribution in [0.1, 0.15) is 11.4 Å². The summed E-state index contributed by atoms with van der Waals surface area (Å²) in [4.78, 5) is 0. The van der Waals surface area contributed by atoms with Crippen LogP contribution in [0.5, 0.6) is 0 Å². The van der Waals surface area contributed by atoms with Gasteiger partial charge in [-0.2, -0.15) is 5.10 Å². The van der Waals surface area contributed by atoms with Crippen LogP contribution in [0.3, 0.4) is 0 Å². The van der Waals surface area contributed by atoms with Crippen molar-refractivity contribution in [3.8, 4) is 0 Å². The van der Waals surface area contributed by atoms with E-state index in [-0.39, 0.29) is 22.4 Å². The molecule has 0 saturated carbocycles. The number of aromatic nitrogens is 2. The summed E-state index contributed by atoms with van der Waals surface area (Å²) in [6.45, 7) is 3.95. The van der Waals surface area contributed by atoms with Crippen LogP contribution in [0.2, 0.25) is 0 Å². The van der Waals surface area contributed by atoms with E-state index in [1.54, 1.807) is 0 Å². The summed E-state index contributed by atoms with van der Waals surface area (Å²) < 4.78 is 0. The van der Waals surface area contributed by atoms with Crippen molar-refractivity contribution in [1.29, 1.82) is 0 Å². The van der Waals surface area contributed by atoms with Crippen molar-refractivity contribution in [3.05, 3.63) is 17.5 Å². The summed E-state index contributed by atoms with van der Waals surface area (Å²) in [5.41, 5.74) is 2.18. The molecule has 2 nitrogen and oxygen atoms in total. The zero-order valence-corrected chi connectivity index (χ0v) is 6.31. The molecule has 0 atom stereocenters. The topological polar surface area (TPSA) is 28.7 Å². The number of rotatable bonds is 0. The van der Waals surface area contributed by atoms with Crippen LogP contribution >= 0.6 is 0 Å². The molecule has 1 radical (unpaired) electrons. The van der Waals surface area contributed by atoms with Crippen LogP contribution in [0.4, 0.5) is 0 Å². The van der Waals surface area contributed by atoms with Gasteiger partial charge in [-0.3, -0.25) is 5.10 Å². The minimum Gasteiger partial charge on any atom is -0.283 e. The number of H-pyrrole nitrogens is 1. The maximum Gasteiger partial charge on any atom is 0.0593 e. The van der Waals surface area contributed by atoms with Crippen LogP contribution < -0.4 is 0 Å².